The van der Waals surface area contributed by atoms with Crippen LogP contribution in [0.3, 0.4) is 0 Å². The van der Waals surface area contributed by atoms with E-state index in [-0.39, 0.29) is 17.6 Å². The van der Waals surface area contributed by atoms with Gasteiger partial charge in [0.25, 0.3) is 0 Å². The molecule has 0 fully saturated rings. The zero-order chi connectivity index (χ0) is 22.5. The van der Waals surface area contributed by atoms with Crippen LogP contribution in [-0.2, 0) is 31.3 Å². The molecule has 0 saturated heterocycles. The van der Waals surface area contributed by atoms with Crippen LogP contribution in [0.5, 0.6) is 0 Å². The molecule has 2 rings (SSSR count). The zero-order valence-corrected chi connectivity index (χ0v) is 19.5. The summed E-state index contributed by atoms with van der Waals surface area (Å²) in [4.78, 5) is 37.0. The lowest BCUT2D eigenvalue weighted by atomic mass is 10.00. The van der Waals surface area contributed by atoms with Gasteiger partial charge in [-0.15, -0.1) is 0 Å². The molecule has 0 aliphatic carbocycles. The SMILES string of the molecule is CCOC(=O)[C@@H](CSCc1ccccc1)NC(=O)[C@H](CSC(C)=O)Cc1ccccc1. The van der Waals surface area contributed by atoms with Crippen molar-refractivity contribution in [1.82, 2.24) is 5.32 Å². The number of amides is 1. The average molecular weight is 460 g/mol. The Morgan fingerprint density at radius 2 is 1.55 bits per heavy atom. The van der Waals surface area contributed by atoms with Crippen LogP contribution in [0.25, 0.3) is 0 Å². The number of nitrogens with one attached hydrogen (secondary N) is 1. The largest absolute Gasteiger partial charge is 0.464 e. The number of benzene rings is 2. The van der Waals surface area contributed by atoms with Crippen molar-refractivity contribution in [2.24, 2.45) is 5.92 Å². The van der Waals surface area contributed by atoms with Crippen LogP contribution < -0.4 is 5.32 Å². The van der Waals surface area contributed by atoms with Crippen molar-refractivity contribution in [2.75, 3.05) is 18.1 Å². The third-order valence-corrected chi connectivity index (χ3v) is 6.55. The van der Waals surface area contributed by atoms with Crippen LogP contribution in [0.1, 0.15) is 25.0 Å². The summed E-state index contributed by atoms with van der Waals surface area (Å²) in [6.45, 7) is 3.49. The second-order valence-corrected chi connectivity index (χ2v) is 9.23. The predicted molar refractivity (Wildman–Crippen MR) is 128 cm³/mol. The summed E-state index contributed by atoms with van der Waals surface area (Å²) in [7, 11) is 0. The predicted octanol–water partition coefficient (Wildman–Crippen LogP) is 4.11. The van der Waals surface area contributed by atoms with Crippen molar-refractivity contribution < 1.29 is 19.1 Å². The molecule has 2 aromatic rings. The highest BCUT2D eigenvalue weighted by Gasteiger charge is 2.27. The number of hydrogen-bond donors (Lipinski definition) is 1. The van der Waals surface area contributed by atoms with Crippen molar-refractivity contribution in [3.8, 4) is 0 Å². The van der Waals surface area contributed by atoms with E-state index in [1.54, 1.807) is 18.7 Å². The minimum absolute atomic E-state index is 0.0359. The fraction of sp³-hybridized carbons (Fsp3) is 0.375. The van der Waals surface area contributed by atoms with E-state index in [0.717, 1.165) is 28.6 Å². The number of carbonyl (C=O) groups excluding carboxylic acids is 3. The Morgan fingerprint density at radius 3 is 2.13 bits per heavy atom. The number of thioether (sulfide) groups is 2. The van der Waals surface area contributed by atoms with E-state index in [0.29, 0.717) is 17.9 Å². The van der Waals surface area contributed by atoms with E-state index in [9.17, 15) is 14.4 Å². The van der Waals surface area contributed by atoms with Crippen LogP contribution >= 0.6 is 23.5 Å². The van der Waals surface area contributed by atoms with Gasteiger partial charge >= 0.3 is 5.97 Å². The first kappa shape index (κ1) is 25.0. The molecular weight excluding hydrogens is 430 g/mol. The molecule has 2 atom stereocenters. The molecule has 7 heteroatoms. The fourth-order valence-corrected chi connectivity index (χ4v) is 4.62. The minimum Gasteiger partial charge on any atom is -0.464 e. The summed E-state index contributed by atoms with van der Waals surface area (Å²) in [6, 6.07) is 18.9. The number of ether oxygens (including phenoxy) is 1. The normalized spacial score (nSPS) is 12.6. The molecule has 5 nitrogen and oxygen atoms in total. The van der Waals surface area contributed by atoms with Crippen molar-refractivity contribution >= 4 is 40.5 Å². The highest BCUT2D eigenvalue weighted by atomic mass is 32.2. The molecule has 0 aliphatic heterocycles. The summed E-state index contributed by atoms with van der Waals surface area (Å²) >= 11 is 2.70. The molecule has 0 aliphatic rings. The number of carbonyl (C=O) groups is 3. The quantitative estimate of drug-likeness (QED) is 0.482. The van der Waals surface area contributed by atoms with Crippen molar-refractivity contribution in [1.29, 1.82) is 0 Å². The fourth-order valence-electron chi connectivity index (χ4n) is 2.91. The minimum atomic E-state index is -0.734. The molecule has 166 valence electrons. The highest BCUT2D eigenvalue weighted by molar-refractivity contribution is 8.13. The Morgan fingerprint density at radius 1 is 0.935 bits per heavy atom. The van der Waals surface area contributed by atoms with E-state index in [4.69, 9.17) is 4.74 Å². The first-order valence-electron chi connectivity index (χ1n) is 10.3. The van der Waals surface area contributed by atoms with Gasteiger partial charge < -0.3 is 10.1 Å². The van der Waals surface area contributed by atoms with Gasteiger partial charge in [-0.3, -0.25) is 9.59 Å². The van der Waals surface area contributed by atoms with Gasteiger partial charge in [-0.2, -0.15) is 11.8 Å². The van der Waals surface area contributed by atoms with Gasteiger partial charge in [-0.05, 0) is 24.5 Å². The van der Waals surface area contributed by atoms with E-state index >= 15 is 0 Å². The van der Waals surface area contributed by atoms with Crippen molar-refractivity contribution in [3.63, 3.8) is 0 Å². The Labute approximate surface area is 192 Å². The molecule has 1 N–H and O–H groups in total. The Bertz CT molecular complexity index is 830. The van der Waals surface area contributed by atoms with Gasteiger partial charge in [0.2, 0.25) is 5.91 Å². The molecule has 1 amide bonds. The highest BCUT2D eigenvalue weighted by Crippen LogP contribution is 2.18. The summed E-state index contributed by atoms with van der Waals surface area (Å²) < 4.78 is 5.18. The van der Waals surface area contributed by atoms with Gasteiger partial charge in [0.15, 0.2) is 5.12 Å². The van der Waals surface area contributed by atoms with Gasteiger partial charge in [0.1, 0.15) is 6.04 Å². The number of rotatable bonds is 12. The lowest BCUT2D eigenvalue weighted by molar-refractivity contribution is -0.147. The second kappa shape index (κ2) is 13.9. The van der Waals surface area contributed by atoms with Gasteiger partial charge in [-0.25, -0.2) is 4.79 Å². The molecule has 31 heavy (non-hydrogen) atoms. The van der Waals surface area contributed by atoms with Gasteiger partial charge in [0, 0.05) is 24.2 Å². The molecule has 0 spiro atoms. The van der Waals surface area contributed by atoms with Crippen molar-refractivity contribution in [2.45, 2.75) is 32.1 Å². The van der Waals surface area contributed by atoms with Crippen LogP contribution in [0.15, 0.2) is 60.7 Å². The Balaban J connectivity index is 2.03. The number of hydrogen-bond acceptors (Lipinski definition) is 6. The molecule has 0 bridgehead atoms. The molecule has 0 aromatic heterocycles. The van der Waals surface area contributed by atoms with Crippen LogP contribution in [-0.4, -0.2) is 41.1 Å². The molecule has 0 heterocycles. The topological polar surface area (TPSA) is 72.5 Å². The monoisotopic (exact) mass is 459 g/mol. The zero-order valence-electron chi connectivity index (χ0n) is 17.9. The standard InChI is InChI=1S/C24H29NO4S2/c1-3-29-24(28)22(17-30-15-20-12-8-5-9-13-20)25-23(27)21(16-31-18(2)26)14-19-10-6-4-7-11-19/h4-13,21-22H,3,14-17H2,1-2H3,(H,25,27)/t21-,22+/m0/s1. The Hall–Kier alpha value is -2.25. The maximum atomic E-state index is 13.1. The Kier molecular flexibility index (Phi) is 11.2. The van der Waals surface area contributed by atoms with E-state index in [2.05, 4.69) is 5.32 Å². The lowest BCUT2D eigenvalue weighted by Gasteiger charge is -2.21. The summed E-state index contributed by atoms with van der Waals surface area (Å²) in [5.41, 5.74) is 2.17. The maximum Gasteiger partial charge on any atom is 0.329 e. The van der Waals surface area contributed by atoms with Crippen molar-refractivity contribution in [3.05, 3.63) is 71.8 Å². The lowest BCUT2D eigenvalue weighted by Crippen LogP contribution is -2.47. The molecule has 0 unspecified atom stereocenters. The maximum absolute atomic E-state index is 13.1. The second-order valence-electron chi connectivity index (χ2n) is 7.00. The van der Waals surface area contributed by atoms with Gasteiger partial charge in [-0.1, -0.05) is 72.4 Å². The molecule has 2 aromatic carbocycles. The third-order valence-electron chi connectivity index (χ3n) is 4.47. The molecule has 0 saturated carbocycles. The average Bonchev–Trinajstić information content (AvgIpc) is 2.77. The van der Waals surface area contributed by atoms with E-state index in [1.807, 2.05) is 60.7 Å². The summed E-state index contributed by atoms with van der Waals surface area (Å²) in [6.07, 6.45) is 0.500. The van der Waals surface area contributed by atoms with Crippen LogP contribution in [0.2, 0.25) is 0 Å². The van der Waals surface area contributed by atoms with Gasteiger partial charge in [0.05, 0.1) is 12.5 Å². The summed E-state index contributed by atoms with van der Waals surface area (Å²) in [5.74, 6) is 0.415. The molecule has 0 radical (unpaired) electrons. The first-order chi connectivity index (χ1) is 15.0. The number of esters is 1. The smallest absolute Gasteiger partial charge is 0.329 e. The van der Waals surface area contributed by atoms with E-state index in [1.165, 1.54) is 6.92 Å². The third kappa shape index (κ3) is 9.61. The first-order valence-corrected chi connectivity index (χ1v) is 12.4. The summed E-state index contributed by atoms with van der Waals surface area (Å²) in [5, 5.41) is 2.84. The van der Waals surface area contributed by atoms with Crippen LogP contribution in [0.4, 0.5) is 0 Å². The van der Waals surface area contributed by atoms with E-state index < -0.39 is 17.9 Å². The van der Waals surface area contributed by atoms with Crippen LogP contribution in [0, 0.1) is 5.92 Å². The molecular formula is C24H29NO4S2.